The number of hydrogen-bond donors (Lipinski definition) is 1. The zero-order chi connectivity index (χ0) is 16.9. The molecule has 25 heavy (non-hydrogen) atoms. The van der Waals surface area contributed by atoms with E-state index < -0.39 is 0 Å². The number of nitrogens with zero attached hydrogens (tertiary/aromatic N) is 4. The Hall–Kier alpha value is -2.99. The molecule has 1 fully saturated rings. The third-order valence-corrected chi connectivity index (χ3v) is 4.08. The molecule has 1 aliphatic rings. The van der Waals surface area contributed by atoms with Crippen LogP contribution >= 0.6 is 0 Å². The van der Waals surface area contributed by atoms with Crippen LogP contribution in [0.4, 0.5) is 17.3 Å². The van der Waals surface area contributed by atoms with E-state index in [0.717, 1.165) is 54.9 Å². The Bertz CT molecular complexity index is 817. The SMILES string of the molecule is c1ccc(-c2ccnc(Nc3ccc(N4CCOCC4)nc3)c2)nc1. The molecule has 1 N–H and O–H groups in total. The molecular weight excluding hydrogens is 314 g/mol. The Kier molecular flexibility index (Phi) is 4.52. The zero-order valence-electron chi connectivity index (χ0n) is 13.8. The van der Waals surface area contributed by atoms with Crippen LogP contribution in [0.25, 0.3) is 11.3 Å². The van der Waals surface area contributed by atoms with Gasteiger partial charge in [-0.1, -0.05) is 6.07 Å². The van der Waals surface area contributed by atoms with Crippen molar-refractivity contribution in [3.05, 3.63) is 61.1 Å². The summed E-state index contributed by atoms with van der Waals surface area (Å²) in [5, 5.41) is 3.30. The van der Waals surface area contributed by atoms with E-state index in [2.05, 4.69) is 25.2 Å². The summed E-state index contributed by atoms with van der Waals surface area (Å²) in [6.45, 7) is 3.28. The van der Waals surface area contributed by atoms with Crippen molar-refractivity contribution in [1.29, 1.82) is 0 Å². The van der Waals surface area contributed by atoms with Gasteiger partial charge in [-0.15, -0.1) is 0 Å². The fourth-order valence-corrected chi connectivity index (χ4v) is 2.78. The smallest absolute Gasteiger partial charge is 0.130 e. The maximum atomic E-state index is 5.38. The van der Waals surface area contributed by atoms with Crippen molar-refractivity contribution in [1.82, 2.24) is 15.0 Å². The second-order valence-corrected chi connectivity index (χ2v) is 5.77. The molecule has 0 spiro atoms. The summed E-state index contributed by atoms with van der Waals surface area (Å²) in [5.41, 5.74) is 2.85. The summed E-state index contributed by atoms with van der Waals surface area (Å²) in [7, 11) is 0. The molecule has 126 valence electrons. The van der Waals surface area contributed by atoms with Gasteiger partial charge in [0, 0.05) is 31.0 Å². The van der Waals surface area contributed by atoms with Crippen LogP contribution in [-0.2, 0) is 4.74 Å². The van der Waals surface area contributed by atoms with Gasteiger partial charge in [-0.3, -0.25) is 4.98 Å². The van der Waals surface area contributed by atoms with Crippen LogP contribution in [0.2, 0.25) is 0 Å². The molecule has 4 heterocycles. The fraction of sp³-hybridized carbons (Fsp3) is 0.211. The van der Waals surface area contributed by atoms with Crippen LogP contribution in [0.15, 0.2) is 61.1 Å². The Balaban J connectivity index is 1.48. The first-order valence-corrected chi connectivity index (χ1v) is 8.32. The predicted molar refractivity (Wildman–Crippen MR) is 98.0 cm³/mol. The van der Waals surface area contributed by atoms with E-state index >= 15 is 0 Å². The van der Waals surface area contributed by atoms with E-state index in [1.807, 2.05) is 48.7 Å². The average Bonchev–Trinajstić information content (AvgIpc) is 2.70. The first-order valence-electron chi connectivity index (χ1n) is 8.32. The molecule has 0 atom stereocenters. The van der Waals surface area contributed by atoms with Gasteiger partial charge in [-0.25, -0.2) is 9.97 Å². The van der Waals surface area contributed by atoms with Crippen LogP contribution < -0.4 is 10.2 Å². The summed E-state index contributed by atoms with van der Waals surface area (Å²) < 4.78 is 5.38. The molecule has 3 aromatic heterocycles. The van der Waals surface area contributed by atoms with Crippen LogP contribution in [0, 0.1) is 0 Å². The third kappa shape index (κ3) is 3.75. The van der Waals surface area contributed by atoms with Crippen LogP contribution in [0.1, 0.15) is 0 Å². The van der Waals surface area contributed by atoms with Crippen molar-refractivity contribution in [3.8, 4) is 11.3 Å². The molecule has 4 rings (SSSR count). The molecule has 0 unspecified atom stereocenters. The molecule has 6 nitrogen and oxygen atoms in total. The first-order chi connectivity index (χ1) is 12.4. The van der Waals surface area contributed by atoms with Gasteiger partial charge in [0.05, 0.1) is 30.8 Å². The minimum Gasteiger partial charge on any atom is -0.378 e. The van der Waals surface area contributed by atoms with Crippen LogP contribution in [-0.4, -0.2) is 41.3 Å². The molecule has 0 bridgehead atoms. The molecule has 0 aliphatic carbocycles. The van der Waals surface area contributed by atoms with Crippen molar-refractivity contribution in [2.24, 2.45) is 0 Å². The first kappa shape index (κ1) is 15.5. The molecule has 3 aromatic rings. The molecule has 0 saturated carbocycles. The summed E-state index contributed by atoms with van der Waals surface area (Å²) in [6.07, 6.45) is 5.40. The molecule has 0 radical (unpaired) electrons. The highest BCUT2D eigenvalue weighted by atomic mass is 16.5. The van der Waals surface area contributed by atoms with Crippen molar-refractivity contribution < 1.29 is 4.74 Å². The lowest BCUT2D eigenvalue weighted by molar-refractivity contribution is 0.122. The number of morpholine rings is 1. The second kappa shape index (κ2) is 7.27. The molecule has 0 amide bonds. The Morgan fingerprint density at radius 3 is 2.60 bits per heavy atom. The number of rotatable bonds is 4. The number of hydrogen-bond acceptors (Lipinski definition) is 6. The van der Waals surface area contributed by atoms with Gasteiger partial charge in [-0.05, 0) is 36.4 Å². The Morgan fingerprint density at radius 2 is 1.84 bits per heavy atom. The highest BCUT2D eigenvalue weighted by Crippen LogP contribution is 2.22. The minimum absolute atomic E-state index is 0.756. The monoisotopic (exact) mass is 333 g/mol. The van der Waals surface area contributed by atoms with Crippen molar-refractivity contribution in [3.63, 3.8) is 0 Å². The number of nitrogens with one attached hydrogen (secondary N) is 1. The summed E-state index contributed by atoms with van der Waals surface area (Å²) in [5.74, 6) is 1.74. The van der Waals surface area contributed by atoms with E-state index in [-0.39, 0.29) is 0 Å². The van der Waals surface area contributed by atoms with Gasteiger partial charge < -0.3 is 15.0 Å². The maximum absolute atomic E-state index is 5.38. The van der Waals surface area contributed by atoms with E-state index in [1.165, 1.54) is 0 Å². The van der Waals surface area contributed by atoms with E-state index in [0.29, 0.717) is 0 Å². The largest absolute Gasteiger partial charge is 0.378 e. The molecule has 0 aromatic carbocycles. The van der Waals surface area contributed by atoms with Gasteiger partial charge in [0.25, 0.3) is 0 Å². The summed E-state index contributed by atoms with van der Waals surface area (Å²) >= 11 is 0. The Morgan fingerprint density at radius 1 is 0.920 bits per heavy atom. The van der Waals surface area contributed by atoms with Crippen LogP contribution in [0.3, 0.4) is 0 Å². The van der Waals surface area contributed by atoms with Gasteiger partial charge in [0.2, 0.25) is 0 Å². The lowest BCUT2D eigenvalue weighted by Gasteiger charge is -2.27. The van der Waals surface area contributed by atoms with Crippen molar-refractivity contribution >= 4 is 17.3 Å². The number of ether oxygens (including phenoxy) is 1. The summed E-state index contributed by atoms with van der Waals surface area (Å²) in [6, 6.07) is 13.8. The number of pyridine rings is 3. The quantitative estimate of drug-likeness (QED) is 0.791. The number of aromatic nitrogens is 3. The highest BCUT2D eigenvalue weighted by Gasteiger charge is 2.12. The second-order valence-electron chi connectivity index (χ2n) is 5.77. The van der Waals surface area contributed by atoms with E-state index in [4.69, 9.17) is 4.74 Å². The predicted octanol–water partition coefficient (Wildman–Crippen LogP) is 3.12. The van der Waals surface area contributed by atoms with Crippen molar-refractivity contribution in [2.45, 2.75) is 0 Å². The lowest BCUT2D eigenvalue weighted by Crippen LogP contribution is -2.36. The maximum Gasteiger partial charge on any atom is 0.130 e. The topological polar surface area (TPSA) is 63.2 Å². The highest BCUT2D eigenvalue weighted by molar-refractivity contribution is 5.66. The average molecular weight is 333 g/mol. The number of anilines is 3. The van der Waals surface area contributed by atoms with Gasteiger partial charge in [0.15, 0.2) is 0 Å². The normalized spacial score (nSPS) is 14.3. The lowest BCUT2D eigenvalue weighted by atomic mass is 10.2. The van der Waals surface area contributed by atoms with Gasteiger partial charge in [0.1, 0.15) is 11.6 Å². The minimum atomic E-state index is 0.756. The van der Waals surface area contributed by atoms with E-state index in [1.54, 1.807) is 12.4 Å². The van der Waals surface area contributed by atoms with Crippen LogP contribution in [0.5, 0.6) is 0 Å². The zero-order valence-corrected chi connectivity index (χ0v) is 13.8. The Labute approximate surface area is 146 Å². The molecule has 1 saturated heterocycles. The van der Waals surface area contributed by atoms with Gasteiger partial charge >= 0.3 is 0 Å². The molecule has 6 heteroatoms. The van der Waals surface area contributed by atoms with E-state index in [9.17, 15) is 0 Å². The fourth-order valence-electron chi connectivity index (χ4n) is 2.78. The van der Waals surface area contributed by atoms with Gasteiger partial charge in [-0.2, -0.15) is 0 Å². The molecule has 1 aliphatic heterocycles. The molecular formula is C19H19N5O. The van der Waals surface area contributed by atoms with Crippen molar-refractivity contribution in [2.75, 3.05) is 36.5 Å². The standard InChI is InChI=1S/C19H19N5O/c1-2-7-20-17(3-1)15-6-8-21-18(13-15)23-16-4-5-19(22-14-16)24-9-11-25-12-10-24/h1-8,13-14H,9-12H2,(H,21,23). The summed E-state index contributed by atoms with van der Waals surface area (Å²) in [4.78, 5) is 15.5. The third-order valence-electron chi connectivity index (χ3n) is 4.08.